The van der Waals surface area contributed by atoms with E-state index >= 15 is 0 Å². The van der Waals surface area contributed by atoms with E-state index < -0.39 is 0 Å². The third-order valence-electron chi connectivity index (χ3n) is 4.49. The Labute approximate surface area is 158 Å². The first-order valence-corrected chi connectivity index (χ1v) is 10.1. The van der Waals surface area contributed by atoms with Gasteiger partial charge in [0.25, 0.3) is 0 Å². The number of hydrogen-bond acceptors (Lipinski definition) is 3. The minimum absolute atomic E-state index is 0.0207. The monoisotopic (exact) mass is 371 g/mol. The highest BCUT2D eigenvalue weighted by Crippen LogP contribution is 2.26. The molecular weight excluding hydrogens is 346 g/mol. The number of amides is 1. The molecule has 2 heterocycles. The number of ether oxygens (including phenoxy) is 1. The van der Waals surface area contributed by atoms with Gasteiger partial charge in [0.15, 0.2) is 0 Å². The highest BCUT2D eigenvalue weighted by Gasteiger charge is 2.20. The van der Waals surface area contributed by atoms with Crippen LogP contribution in [0.25, 0.3) is 10.9 Å². The van der Waals surface area contributed by atoms with E-state index in [2.05, 4.69) is 22.2 Å². The first-order chi connectivity index (χ1) is 12.7. The average molecular weight is 372 g/mol. The molecule has 1 amide bonds. The van der Waals surface area contributed by atoms with Crippen molar-refractivity contribution in [2.75, 3.05) is 31.0 Å². The zero-order chi connectivity index (χ0) is 18.4. The molecule has 6 heteroatoms. The fourth-order valence-corrected chi connectivity index (χ4v) is 3.59. The van der Waals surface area contributed by atoms with Crippen LogP contribution in [0.5, 0.6) is 0 Å². The Bertz CT molecular complexity index is 842. The van der Waals surface area contributed by atoms with Crippen molar-refractivity contribution in [3.8, 4) is 0 Å². The van der Waals surface area contributed by atoms with E-state index in [0.717, 1.165) is 35.3 Å². The molecule has 1 aromatic carbocycles. The second-order valence-corrected chi connectivity index (χ2v) is 7.14. The quantitative estimate of drug-likeness (QED) is 0.618. The molecule has 0 fully saturated rings. The predicted molar refractivity (Wildman–Crippen MR) is 109 cm³/mol. The van der Waals surface area contributed by atoms with Crippen LogP contribution in [-0.4, -0.2) is 40.8 Å². The van der Waals surface area contributed by atoms with Gasteiger partial charge >= 0.3 is 0 Å². The topological polar surface area (TPSA) is 48.2 Å². The van der Waals surface area contributed by atoms with Crippen molar-refractivity contribution in [1.29, 1.82) is 0 Å². The summed E-state index contributed by atoms with van der Waals surface area (Å²) in [5.41, 5.74) is 1.95. The summed E-state index contributed by atoms with van der Waals surface area (Å²) in [5.74, 6) is 0.959. The van der Waals surface area contributed by atoms with Crippen LogP contribution in [0.1, 0.15) is 12.5 Å². The van der Waals surface area contributed by atoms with Gasteiger partial charge in [-0.1, -0.05) is 6.07 Å². The van der Waals surface area contributed by atoms with E-state index in [1.807, 2.05) is 53.5 Å². The van der Waals surface area contributed by atoms with Crippen molar-refractivity contribution in [2.24, 2.45) is 0 Å². The highest BCUT2D eigenvalue weighted by molar-refractivity contribution is 7.98. The molecule has 3 aromatic rings. The van der Waals surface area contributed by atoms with Crippen LogP contribution in [0.15, 0.2) is 55.0 Å². The van der Waals surface area contributed by atoms with E-state index in [4.69, 9.17) is 4.74 Å². The number of fused-ring (bicyclic) bond motifs is 1. The normalized spacial score (nSPS) is 12.4. The third kappa shape index (κ3) is 4.14. The Morgan fingerprint density at radius 1 is 1.19 bits per heavy atom. The van der Waals surface area contributed by atoms with E-state index in [1.165, 1.54) is 0 Å². The lowest BCUT2D eigenvalue weighted by molar-refractivity contribution is -0.119. The molecule has 1 N–H and O–H groups in total. The summed E-state index contributed by atoms with van der Waals surface area (Å²) in [6, 6.07) is 11.8. The fourth-order valence-electron chi connectivity index (χ4n) is 3.13. The second-order valence-electron chi connectivity index (χ2n) is 6.16. The molecule has 2 aromatic heterocycles. The molecule has 0 aliphatic heterocycles. The van der Waals surface area contributed by atoms with Crippen LogP contribution in [0.2, 0.25) is 0 Å². The standard InChI is InChI=1S/C20H25N3O2S/c1-25-14-13-23-12-8-16-17(6-5-7-18(16)23)21-20(24)19(9-15-26-2)22-10-3-4-11-22/h3-8,10-12,19H,9,13-15H2,1-2H3,(H,21,24)/t19-/m0/s1. The van der Waals surface area contributed by atoms with Crippen molar-refractivity contribution >= 4 is 34.3 Å². The smallest absolute Gasteiger partial charge is 0.247 e. The lowest BCUT2D eigenvalue weighted by Crippen LogP contribution is -2.26. The molecular formula is C20H25N3O2S. The molecule has 3 rings (SSSR count). The van der Waals surface area contributed by atoms with Gasteiger partial charge < -0.3 is 19.2 Å². The molecule has 26 heavy (non-hydrogen) atoms. The summed E-state index contributed by atoms with van der Waals surface area (Å²) >= 11 is 1.76. The number of methoxy groups -OCH3 is 1. The number of thioether (sulfide) groups is 1. The number of carbonyl (C=O) groups excluding carboxylic acids is 1. The van der Waals surface area contributed by atoms with E-state index in [-0.39, 0.29) is 11.9 Å². The van der Waals surface area contributed by atoms with Crippen LogP contribution in [0, 0.1) is 0 Å². The van der Waals surface area contributed by atoms with Gasteiger partial charge in [-0.05, 0) is 48.8 Å². The Hall–Kier alpha value is -2.18. The lowest BCUT2D eigenvalue weighted by atomic mass is 10.1. The number of carbonyl (C=O) groups is 1. The van der Waals surface area contributed by atoms with Gasteiger partial charge in [0.1, 0.15) is 6.04 Å². The number of nitrogens with one attached hydrogen (secondary N) is 1. The number of hydrogen-bond donors (Lipinski definition) is 1. The van der Waals surface area contributed by atoms with Gasteiger partial charge in [-0.2, -0.15) is 11.8 Å². The van der Waals surface area contributed by atoms with E-state index in [0.29, 0.717) is 6.61 Å². The molecule has 0 aliphatic rings. The summed E-state index contributed by atoms with van der Waals surface area (Å²) in [6.45, 7) is 1.45. The summed E-state index contributed by atoms with van der Waals surface area (Å²) in [7, 11) is 1.70. The molecule has 0 bridgehead atoms. The molecule has 5 nitrogen and oxygen atoms in total. The minimum Gasteiger partial charge on any atom is -0.383 e. The van der Waals surface area contributed by atoms with Crippen molar-refractivity contribution in [3.63, 3.8) is 0 Å². The molecule has 0 spiro atoms. The number of aromatic nitrogens is 2. The van der Waals surface area contributed by atoms with Gasteiger partial charge in [-0.15, -0.1) is 0 Å². The summed E-state index contributed by atoms with van der Waals surface area (Å²) in [4.78, 5) is 13.0. The SMILES string of the molecule is COCCn1ccc2c(NC(=O)[C@H](CCSC)n3cccc3)cccc21. The molecule has 0 aliphatic carbocycles. The zero-order valence-electron chi connectivity index (χ0n) is 15.2. The van der Waals surface area contributed by atoms with Gasteiger partial charge in [0.05, 0.1) is 17.8 Å². The molecule has 0 unspecified atom stereocenters. The number of rotatable bonds is 9. The minimum atomic E-state index is -0.205. The number of anilines is 1. The van der Waals surface area contributed by atoms with Crippen molar-refractivity contribution < 1.29 is 9.53 Å². The van der Waals surface area contributed by atoms with E-state index in [9.17, 15) is 4.79 Å². The maximum atomic E-state index is 13.0. The average Bonchev–Trinajstić information content (AvgIpc) is 3.31. The lowest BCUT2D eigenvalue weighted by Gasteiger charge is -2.19. The predicted octanol–water partition coefficient (Wildman–Crippen LogP) is 4.02. The third-order valence-corrected chi connectivity index (χ3v) is 5.14. The Balaban J connectivity index is 1.82. The van der Waals surface area contributed by atoms with Crippen LogP contribution in [0.4, 0.5) is 5.69 Å². The summed E-state index contributed by atoms with van der Waals surface area (Å²) in [5, 5.41) is 4.19. The van der Waals surface area contributed by atoms with E-state index in [1.54, 1.807) is 18.9 Å². The maximum absolute atomic E-state index is 13.0. The Morgan fingerprint density at radius 2 is 2.00 bits per heavy atom. The van der Waals surface area contributed by atoms with Crippen molar-refractivity contribution in [2.45, 2.75) is 19.0 Å². The summed E-state index contributed by atoms with van der Waals surface area (Å²) in [6.07, 6.45) is 8.80. The van der Waals surface area contributed by atoms with Gasteiger partial charge in [-0.3, -0.25) is 4.79 Å². The van der Waals surface area contributed by atoms with Gasteiger partial charge in [0.2, 0.25) is 5.91 Å². The molecule has 138 valence electrons. The second kappa shape index (κ2) is 8.96. The molecule has 1 atom stereocenters. The molecule has 0 saturated heterocycles. The van der Waals surface area contributed by atoms with Crippen LogP contribution >= 0.6 is 11.8 Å². The molecule has 0 radical (unpaired) electrons. The first kappa shape index (κ1) is 18.6. The van der Waals surface area contributed by atoms with Crippen molar-refractivity contribution in [1.82, 2.24) is 9.13 Å². The van der Waals surface area contributed by atoms with Crippen molar-refractivity contribution in [3.05, 3.63) is 55.0 Å². The fraction of sp³-hybridized carbons (Fsp3) is 0.350. The van der Waals surface area contributed by atoms with Gasteiger partial charge in [-0.25, -0.2) is 0 Å². The maximum Gasteiger partial charge on any atom is 0.247 e. The Kier molecular flexibility index (Phi) is 6.41. The van der Waals surface area contributed by atoms with Crippen LogP contribution < -0.4 is 5.32 Å². The summed E-state index contributed by atoms with van der Waals surface area (Å²) < 4.78 is 9.30. The number of benzene rings is 1. The van der Waals surface area contributed by atoms with Crippen LogP contribution in [-0.2, 0) is 16.1 Å². The largest absolute Gasteiger partial charge is 0.383 e. The van der Waals surface area contributed by atoms with Gasteiger partial charge in [0, 0.05) is 37.6 Å². The highest BCUT2D eigenvalue weighted by atomic mass is 32.2. The zero-order valence-corrected chi connectivity index (χ0v) is 16.0. The Morgan fingerprint density at radius 3 is 2.73 bits per heavy atom. The first-order valence-electron chi connectivity index (χ1n) is 8.73. The van der Waals surface area contributed by atoms with Crippen LogP contribution in [0.3, 0.4) is 0 Å². The number of nitrogens with zero attached hydrogens (tertiary/aromatic N) is 2. The molecule has 0 saturated carbocycles.